The summed E-state index contributed by atoms with van der Waals surface area (Å²) in [4.78, 5) is 27.3. The topological polar surface area (TPSA) is 151 Å². The first-order valence-electron chi connectivity index (χ1n) is 8.33. The molecular weight excluding hydrogens is 405 g/mol. The summed E-state index contributed by atoms with van der Waals surface area (Å²) in [5.74, 6) is -4.09. The van der Waals surface area contributed by atoms with Gasteiger partial charge in [0.25, 0.3) is 11.8 Å². The molecule has 1 atom stereocenters. The van der Waals surface area contributed by atoms with Gasteiger partial charge in [0.15, 0.2) is 15.4 Å². The highest BCUT2D eigenvalue weighted by Gasteiger charge is 2.37. The van der Waals surface area contributed by atoms with E-state index in [9.17, 15) is 27.5 Å². The van der Waals surface area contributed by atoms with E-state index in [1.165, 1.54) is 7.05 Å². The molecule has 0 saturated carbocycles. The van der Waals surface area contributed by atoms with Crippen LogP contribution in [0.15, 0.2) is 23.1 Å². The predicted octanol–water partition coefficient (Wildman–Crippen LogP) is 0.151. The molecule has 3 N–H and O–H groups in total. The summed E-state index contributed by atoms with van der Waals surface area (Å²) in [6, 6.07) is 2.68. The minimum Gasteiger partial charge on any atom is -0.379 e. The summed E-state index contributed by atoms with van der Waals surface area (Å²) >= 11 is 0. The molecule has 0 saturated heterocycles. The molecule has 2 aromatic rings. The lowest BCUT2D eigenvalue weighted by molar-refractivity contribution is -0.130. The molecule has 0 spiro atoms. The number of rotatable bonds is 6. The first-order valence-corrected chi connectivity index (χ1v) is 9.99. The maximum absolute atomic E-state index is 14.1. The van der Waals surface area contributed by atoms with Crippen molar-refractivity contribution in [3.63, 3.8) is 0 Å². The van der Waals surface area contributed by atoms with Crippen LogP contribution in [0.5, 0.6) is 0 Å². The van der Waals surface area contributed by atoms with Gasteiger partial charge in [-0.2, -0.15) is 5.10 Å². The summed E-state index contributed by atoms with van der Waals surface area (Å²) in [5, 5.41) is 22.2. The number of hydrogen-bond acceptors (Lipinski definition) is 8. The Morgan fingerprint density at radius 2 is 1.86 bits per heavy atom. The van der Waals surface area contributed by atoms with Gasteiger partial charge in [-0.1, -0.05) is 0 Å². The van der Waals surface area contributed by atoms with Gasteiger partial charge in [0, 0.05) is 7.05 Å². The molecule has 0 unspecified atom stereocenters. The van der Waals surface area contributed by atoms with Crippen LogP contribution in [0.2, 0.25) is 0 Å². The number of anilines is 1. The number of nitrogens with one attached hydrogen (secondary N) is 2. The fourth-order valence-electron chi connectivity index (χ4n) is 2.27. The molecule has 1 heterocycles. The highest BCUT2D eigenvalue weighted by Crippen LogP contribution is 2.21. The van der Waals surface area contributed by atoms with Crippen molar-refractivity contribution in [3.05, 3.63) is 41.0 Å². The van der Waals surface area contributed by atoms with Crippen LogP contribution >= 0.6 is 0 Å². The van der Waals surface area contributed by atoms with Crippen LogP contribution in [0.25, 0.3) is 0 Å². The molecule has 0 bridgehead atoms. The predicted molar refractivity (Wildman–Crippen MR) is 100 cm³/mol. The second-order valence-corrected chi connectivity index (χ2v) is 8.50. The van der Waals surface area contributed by atoms with Gasteiger partial charge in [-0.15, -0.1) is 5.10 Å². The number of nitrogens with zero attached hydrogens (tertiary/aromatic N) is 3. The Morgan fingerprint density at radius 3 is 2.41 bits per heavy atom. The Bertz CT molecular complexity index is 1070. The zero-order valence-corrected chi connectivity index (χ0v) is 17.0. The zero-order valence-electron chi connectivity index (χ0n) is 16.1. The quantitative estimate of drug-likeness (QED) is 0.592. The Kier molecular flexibility index (Phi) is 6.28. The minimum atomic E-state index is -4.28. The van der Waals surface area contributed by atoms with E-state index >= 15 is 0 Å². The molecule has 0 fully saturated rings. The third-order valence-corrected chi connectivity index (χ3v) is 5.96. The molecule has 29 heavy (non-hydrogen) atoms. The van der Waals surface area contributed by atoms with E-state index in [0.717, 1.165) is 19.1 Å². The summed E-state index contributed by atoms with van der Waals surface area (Å²) in [6.45, 7) is 4.29. The van der Waals surface area contributed by atoms with E-state index in [-0.39, 0.29) is 11.5 Å². The fraction of sp³-hybridized carbons (Fsp3) is 0.353. The van der Waals surface area contributed by atoms with Gasteiger partial charge in [0.05, 0.1) is 27.6 Å². The van der Waals surface area contributed by atoms with Crippen LogP contribution in [0.4, 0.5) is 10.3 Å². The molecule has 0 radical (unpaired) electrons. The van der Waals surface area contributed by atoms with Crippen molar-refractivity contribution < 1.29 is 27.5 Å². The molecule has 0 aliphatic carbocycles. The average molecular weight is 425 g/mol. The maximum Gasteiger partial charge on any atom is 0.259 e. The number of aliphatic hydroxyl groups is 1. The Hall–Kier alpha value is -2.99. The van der Waals surface area contributed by atoms with Crippen molar-refractivity contribution in [2.75, 3.05) is 18.1 Å². The lowest BCUT2D eigenvalue weighted by Gasteiger charge is -2.21. The largest absolute Gasteiger partial charge is 0.379 e. The van der Waals surface area contributed by atoms with Gasteiger partial charge in [-0.25, -0.2) is 17.8 Å². The number of aromatic nitrogens is 3. The third-order valence-electron chi connectivity index (χ3n) is 4.05. The van der Waals surface area contributed by atoms with E-state index in [1.54, 1.807) is 13.8 Å². The second kappa shape index (κ2) is 8.17. The monoisotopic (exact) mass is 425 g/mol. The van der Waals surface area contributed by atoms with Crippen LogP contribution in [0.3, 0.4) is 0 Å². The number of amides is 2. The molecular formula is C17H20FN5O5S. The third kappa shape index (κ3) is 5.09. The molecule has 1 aromatic heterocycles. The Morgan fingerprint density at radius 1 is 1.21 bits per heavy atom. The van der Waals surface area contributed by atoms with Crippen molar-refractivity contribution in [3.8, 4) is 0 Å². The number of sulfone groups is 1. The smallest absolute Gasteiger partial charge is 0.259 e. The van der Waals surface area contributed by atoms with E-state index in [1.807, 2.05) is 0 Å². The molecule has 156 valence electrons. The average Bonchev–Trinajstić information content (AvgIpc) is 2.63. The normalized spacial score (nSPS) is 13.4. The number of aryl methyl sites for hydroxylation is 2. The second-order valence-electron chi connectivity index (χ2n) is 6.51. The van der Waals surface area contributed by atoms with Crippen molar-refractivity contribution in [2.45, 2.75) is 31.3 Å². The van der Waals surface area contributed by atoms with Gasteiger partial charge in [-0.05, 0) is 39.0 Å². The summed E-state index contributed by atoms with van der Waals surface area (Å²) in [6.07, 6.45) is 0. The zero-order chi connectivity index (χ0) is 22.0. The molecule has 1 aromatic carbocycles. The van der Waals surface area contributed by atoms with Crippen molar-refractivity contribution in [2.24, 2.45) is 0 Å². The number of carbonyl (C=O) groups excluding carboxylic acids is 2. The van der Waals surface area contributed by atoms with Crippen molar-refractivity contribution in [1.29, 1.82) is 0 Å². The van der Waals surface area contributed by atoms with Gasteiger partial charge in [-0.3, -0.25) is 14.9 Å². The van der Waals surface area contributed by atoms with Gasteiger partial charge < -0.3 is 10.4 Å². The number of benzene rings is 1. The molecule has 0 aliphatic rings. The van der Waals surface area contributed by atoms with Crippen LogP contribution in [-0.4, -0.2) is 58.9 Å². The summed E-state index contributed by atoms with van der Waals surface area (Å²) in [7, 11) is -2.98. The first kappa shape index (κ1) is 22.3. The number of hydrogen-bond donors (Lipinski definition) is 3. The minimum absolute atomic E-state index is 0.197. The van der Waals surface area contributed by atoms with E-state index < -0.39 is 43.7 Å². The Balaban J connectivity index is 2.23. The molecule has 12 heteroatoms. The Labute approximate surface area is 166 Å². The van der Waals surface area contributed by atoms with Crippen LogP contribution in [-0.2, 0) is 14.6 Å². The van der Waals surface area contributed by atoms with Crippen molar-refractivity contribution in [1.82, 2.24) is 20.5 Å². The van der Waals surface area contributed by atoms with E-state index in [2.05, 4.69) is 25.8 Å². The van der Waals surface area contributed by atoms with Crippen LogP contribution < -0.4 is 10.6 Å². The van der Waals surface area contributed by atoms with Gasteiger partial charge >= 0.3 is 0 Å². The van der Waals surface area contributed by atoms with Gasteiger partial charge in [0.2, 0.25) is 5.95 Å². The standard InChI is InChI=1S/C17H20FN5O5S/c1-9-10(2)22-23-16(20-9)21-15(25)17(3,26)8-29(27,28)11-5-6-12(13(18)7-11)14(24)19-4/h5-7,26H,8H2,1-4H3,(H,19,24)(H,20,21,23,25)/t17-/m0/s1. The molecule has 0 aliphatic heterocycles. The molecule has 10 nitrogen and oxygen atoms in total. The molecule has 2 rings (SSSR count). The summed E-state index contributed by atoms with van der Waals surface area (Å²) < 4.78 is 39.2. The number of carbonyl (C=O) groups is 2. The maximum atomic E-state index is 14.1. The fourth-order valence-corrected chi connectivity index (χ4v) is 3.87. The first-order chi connectivity index (χ1) is 13.4. The highest BCUT2D eigenvalue weighted by atomic mass is 32.2. The molecule has 2 amide bonds. The van der Waals surface area contributed by atoms with E-state index in [0.29, 0.717) is 17.5 Å². The SMILES string of the molecule is CNC(=O)c1ccc(S(=O)(=O)C[C@](C)(O)C(=O)Nc2nnc(C)c(C)n2)cc1F. The summed E-state index contributed by atoms with van der Waals surface area (Å²) in [5.41, 5.74) is -1.68. The van der Waals surface area contributed by atoms with Gasteiger partial charge in [0.1, 0.15) is 5.82 Å². The van der Waals surface area contributed by atoms with Crippen LogP contribution in [0.1, 0.15) is 28.7 Å². The number of halogens is 1. The van der Waals surface area contributed by atoms with E-state index in [4.69, 9.17) is 0 Å². The lowest BCUT2D eigenvalue weighted by Crippen LogP contribution is -2.46. The highest BCUT2D eigenvalue weighted by molar-refractivity contribution is 7.91. The lowest BCUT2D eigenvalue weighted by atomic mass is 10.1. The van der Waals surface area contributed by atoms with Crippen LogP contribution in [0, 0.1) is 19.7 Å². The van der Waals surface area contributed by atoms with Crippen molar-refractivity contribution >= 4 is 27.6 Å².